The van der Waals surface area contributed by atoms with Gasteiger partial charge in [0, 0.05) is 19.6 Å². The van der Waals surface area contributed by atoms with Crippen molar-refractivity contribution in [3.63, 3.8) is 0 Å². The van der Waals surface area contributed by atoms with E-state index in [-0.39, 0.29) is 30.9 Å². The fraction of sp³-hybridized carbons (Fsp3) is 0.346. The number of nitrogens with one attached hydrogen (secondary N) is 2. The van der Waals surface area contributed by atoms with Crippen molar-refractivity contribution >= 4 is 17.8 Å². The number of carbonyl (C=O) groups is 3. The van der Waals surface area contributed by atoms with Crippen LogP contribution in [-0.2, 0) is 9.59 Å². The number of rotatable bonds is 9. The number of benzene rings is 2. The lowest BCUT2D eigenvalue weighted by Gasteiger charge is -2.33. The minimum atomic E-state index is -0.631. The highest BCUT2D eigenvalue weighted by molar-refractivity contribution is 6.03. The summed E-state index contributed by atoms with van der Waals surface area (Å²) in [5.41, 5.74) is 1.87. The van der Waals surface area contributed by atoms with Gasteiger partial charge in [-0.3, -0.25) is 14.5 Å². The fourth-order valence-electron chi connectivity index (χ4n) is 4.29. The summed E-state index contributed by atoms with van der Waals surface area (Å²) < 4.78 is 5.95. The largest absolute Gasteiger partial charge is 0.457 e. The molecule has 4 amide bonds. The van der Waals surface area contributed by atoms with Crippen LogP contribution in [0.3, 0.4) is 0 Å². The van der Waals surface area contributed by atoms with Crippen molar-refractivity contribution in [2.24, 2.45) is 0 Å². The molecule has 2 aromatic carbocycles. The van der Waals surface area contributed by atoms with Gasteiger partial charge in [0.25, 0.3) is 5.91 Å². The van der Waals surface area contributed by atoms with Crippen molar-refractivity contribution in [1.82, 2.24) is 25.3 Å². The number of hydrogen-bond acceptors (Lipinski definition) is 5. The molecule has 0 fully saturated rings. The van der Waals surface area contributed by atoms with E-state index in [0.717, 1.165) is 5.56 Å². The molecule has 184 valence electrons. The van der Waals surface area contributed by atoms with Crippen molar-refractivity contribution in [3.05, 3.63) is 71.4 Å². The van der Waals surface area contributed by atoms with E-state index in [1.54, 1.807) is 4.90 Å². The van der Waals surface area contributed by atoms with Gasteiger partial charge >= 0.3 is 6.03 Å². The van der Waals surface area contributed by atoms with Gasteiger partial charge in [-0.05, 0) is 50.8 Å². The monoisotopic (exact) mass is 477 g/mol. The van der Waals surface area contributed by atoms with E-state index in [2.05, 4.69) is 10.6 Å². The molecule has 9 nitrogen and oxygen atoms in total. The number of ether oxygens (including phenoxy) is 1. The summed E-state index contributed by atoms with van der Waals surface area (Å²) in [4.78, 5) is 43.9. The highest BCUT2D eigenvalue weighted by Gasteiger charge is 2.44. The van der Waals surface area contributed by atoms with Crippen molar-refractivity contribution < 1.29 is 19.1 Å². The molecule has 0 spiro atoms. The molecule has 2 aliphatic rings. The molecule has 0 bridgehead atoms. The maximum Gasteiger partial charge on any atom is 0.322 e. The smallest absolute Gasteiger partial charge is 0.322 e. The summed E-state index contributed by atoms with van der Waals surface area (Å²) in [5.74, 6) is 0.821. The Morgan fingerprint density at radius 1 is 1.11 bits per heavy atom. The van der Waals surface area contributed by atoms with Crippen LogP contribution in [-0.4, -0.2) is 79.4 Å². The van der Waals surface area contributed by atoms with Crippen LogP contribution in [0.1, 0.15) is 18.5 Å². The van der Waals surface area contributed by atoms with Gasteiger partial charge in [-0.15, -0.1) is 0 Å². The molecule has 2 aromatic rings. The number of carbonyl (C=O) groups excluding carboxylic acids is 3. The van der Waals surface area contributed by atoms with Crippen LogP contribution < -0.4 is 15.4 Å². The van der Waals surface area contributed by atoms with Crippen LogP contribution in [0.4, 0.5) is 4.79 Å². The first kappa shape index (κ1) is 24.3. The molecule has 2 heterocycles. The zero-order valence-corrected chi connectivity index (χ0v) is 20.3. The number of hydrogen-bond donors (Lipinski definition) is 2. The molecular weight excluding hydrogens is 446 g/mol. The highest BCUT2D eigenvalue weighted by atomic mass is 16.5. The number of urea groups is 1. The number of para-hydroxylation sites is 1. The fourth-order valence-corrected chi connectivity index (χ4v) is 4.29. The second-order valence-electron chi connectivity index (χ2n) is 8.79. The van der Waals surface area contributed by atoms with Gasteiger partial charge in [0.05, 0.1) is 23.9 Å². The minimum Gasteiger partial charge on any atom is -0.457 e. The second-order valence-corrected chi connectivity index (χ2v) is 8.79. The van der Waals surface area contributed by atoms with E-state index in [9.17, 15) is 14.4 Å². The molecule has 2 aliphatic heterocycles. The van der Waals surface area contributed by atoms with Crippen LogP contribution in [0.2, 0.25) is 0 Å². The molecule has 9 heteroatoms. The topological polar surface area (TPSA) is 94.2 Å². The third-order valence-electron chi connectivity index (χ3n) is 6.00. The first-order valence-corrected chi connectivity index (χ1v) is 11.7. The molecule has 0 aromatic heterocycles. The zero-order chi connectivity index (χ0) is 24.9. The Bertz CT molecular complexity index is 1130. The van der Waals surface area contributed by atoms with Crippen molar-refractivity contribution in [2.45, 2.75) is 13.0 Å². The normalized spacial score (nSPS) is 17.5. The Kier molecular flexibility index (Phi) is 7.36. The molecule has 0 aliphatic carbocycles. The van der Waals surface area contributed by atoms with E-state index < -0.39 is 6.04 Å². The Balaban J connectivity index is 1.56. The Labute approximate surface area is 205 Å². The van der Waals surface area contributed by atoms with Crippen molar-refractivity contribution in [2.75, 3.05) is 46.8 Å². The number of nitrogens with zero attached hydrogens (tertiary/aromatic N) is 3. The Morgan fingerprint density at radius 2 is 1.86 bits per heavy atom. The van der Waals surface area contributed by atoms with E-state index in [0.29, 0.717) is 42.4 Å². The predicted octanol–water partition coefficient (Wildman–Crippen LogP) is 2.34. The lowest BCUT2D eigenvalue weighted by Crippen LogP contribution is -2.47. The van der Waals surface area contributed by atoms with Gasteiger partial charge in [0.2, 0.25) is 5.91 Å². The average Bonchev–Trinajstić information content (AvgIpc) is 3.14. The standard InChI is InChI=1S/C26H31N5O4/c1-4-31-21-16-30(17-22(32)27-13-14-29(2)3)25(33)23(21)24(28-26(31)34)18-9-8-12-20(15-18)35-19-10-6-5-7-11-19/h5-12,15,24H,4,13-14,16-17H2,1-3H3,(H,27,32)(H,28,34)/t24-/m1/s1. The summed E-state index contributed by atoms with van der Waals surface area (Å²) in [5, 5.41) is 5.81. The van der Waals surface area contributed by atoms with Crippen LogP contribution in [0.15, 0.2) is 65.9 Å². The van der Waals surface area contributed by atoms with Crippen LogP contribution in [0.25, 0.3) is 0 Å². The minimum absolute atomic E-state index is 0.0606. The zero-order valence-electron chi connectivity index (χ0n) is 20.3. The van der Waals surface area contributed by atoms with Gasteiger partial charge in [0.15, 0.2) is 0 Å². The van der Waals surface area contributed by atoms with Crippen LogP contribution in [0, 0.1) is 0 Å². The number of likely N-dealkylation sites (N-methyl/N-ethyl adjacent to an activating group) is 2. The number of amides is 4. The van der Waals surface area contributed by atoms with E-state index in [1.165, 1.54) is 4.90 Å². The first-order chi connectivity index (χ1) is 16.9. The second kappa shape index (κ2) is 10.6. The molecule has 4 rings (SSSR count). The van der Waals surface area contributed by atoms with Crippen molar-refractivity contribution in [3.8, 4) is 11.5 Å². The molecule has 1 atom stereocenters. The SMILES string of the molecule is CCN1C(=O)N[C@H](c2cccc(Oc3ccccc3)c2)C2=C1CN(CC(=O)NCCN(C)C)C2=O. The van der Waals surface area contributed by atoms with Gasteiger partial charge in [0.1, 0.15) is 18.0 Å². The summed E-state index contributed by atoms with van der Waals surface area (Å²) in [6, 6.07) is 15.9. The molecule has 0 unspecified atom stereocenters. The Morgan fingerprint density at radius 3 is 2.57 bits per heavy atom. The van der Waals surface area contributed by atoms with Crippen LogP contribution in [0.5, 0.6) is 11.5 Å². The molecule has 2 N–H and O–H groups in total. The average molecular weight is 478 g/mol. The van der Waals surface area contributed by atoms with E-state index in [4.69, 9.17) is 4.74 Å². The first-order valence-electron chi connectivity index (χ1n) is 11.7. The lowest BCUT2D eigenvalue weighted by atomic mass is 9.95. The van der Waals surface area contributed by atoms with Gasteiger partial charge in [-0.2, -0.15) is 0 Å². The Hall–Kier alpha value is -3.85. The van der Waals surface area contributed by atoms with Gasteiger partial charge in [-0.25, -0.2) is 4.79 Å². The summed E-state index contributed by atoms with van der Waals surface area (Å²) >= 11 is 0. The summed E-state index contributed by atoms with van der Waals surface area (Å²) in [7, 11) is 3.86. The van der Waals surface area contributed by atoms with Crippen LogP contribution >= 0.6 is 0 Å². The molecular formula is C26H31N5O4. The van der Waals surface area contributed by atoms with Gasteiger partial charge < -0.3 is 25.2 Å². The van der Waals surface area contributed by atoms with E-state index >= 15 is 0 Å². The molecule has 0 radical (unpaired) electrons. The third kappa shape index (κ3) is 5.46. The maximum atomic E-state index is 13.5. The summed E-state index contributed by atoms with van der Waals surface area (Å²) in [6.45, 7) is 3.64. The van der Waals surface area contributed by atoms with Crippen molar-refractivity contribution in [1.29, 1.82) is 0 Å². The van der Waals surface area contributed by atoms with E-state index in [1.807, 2.05) is 80.5 Å². The maximum absolute atomic E-state index is 13.5. The molecule has 35 heavy (non-hydrogen) atoms. The molecule has 0 saturated heterocycles. The third-order valence-corrected chi connectivity index (χ3v) is 6.00. The van der Waals surface area contributed by atoms with Gasteiger partial charge in [-0.1, -0.05) is 30.3 Å². The lowest BCUT2D eigenvalue weighted by molar-refractivity contribution is -0.131. The molecule has 0 saturated carbocycles. The summed E-state index contributed by atoms with van der Waals surface area (Å²) in [6.07, 6.45) is 0. The highest BCUT2D eigenvalue weighted by Crippen LogP contribution is 2.37. The predicted molar refractivity (Wildman–Crippen MR) is 132 cm³/mol. The quantitative estimate of drug-likeness (QED) is 0.578.